The normalized spacial score (nSPS) is 11.2. The van der Waals surface area contributed by atoms with E-state index in [1.54, 1.807) is 0 Å². The average Bonchev–Trinajstić information content (AvgIpc) is 2.55. The highest BCUT2D eigenvalue weighted by atomic mass is 15.3. The minimum atomic E-state index is 0.599. The van der Waals surface area contributed by atoms with Crippen molar-refractivity contribution in [2.45, 2.75) is 20.4 Å². The van der Waals surface area contributed by atoms with Crippen molar-refractivity contribution in [1.29, 1.82) is 0 Å². The average molecular weight is 165 g/mol. The quantitative estimate of drug-likeness (QED) is 0.652. The molecule has 0 saturated heterocycles. The van der Waals surface area contributed by atoms with Gasteiger partial charge in [-0.2, -0.15) is 10.2 Å². The second-order valence-corrected chi connectivity index (χ2v) is 2.74. The van der Waals surface area contributed by atoms with Gasteiger partial charge in [0.2, 0.25) is 0 Å². The Hall–Kier alpha value is -1.52. The summed E-state index contributed by atoms with van der Waals surface area (Å²) in [6.45, 7) is 4.77. The van der Waals surface area contributed by atoms with Crippen LogP contribution in [0.2, 0.25) is 0 Å². The molecule has 0 amide bonds. The molecule has 12 heavy (non-hydrogen) atoms. The van der Waals surface area contributed by atoms with Gasteiger partial charge in [0.1, 0.15) is 5.82 Å². The summed E-state index contributed by atoms with van der Waals surface area (Å²) in [4.78, 5) is 0. The van der Waals surface area contributed by atoms with Crippen molar-refractivity contribution in [3.63, 3.8) is 0 Å². The molecule has 0 aliphatic rings. The predicted octanol–water partition coefficient (Wildman–Crippen LogP) is 0.670. The summed E-state index contributed by atoms with van der Waals surface area (Å²) in [5.41, 5.74) is 7.44. The van der Waals surface area contributed by atoms with Gasteiger partial charge in [-0.05, 0) is 13.8 Å². The van der Waals surface area contributed by atoms with Crippen LogP contribution < -0.4 is 5.73 Å². The monoisotopic (exact) mass is 165 g/mol. The third-order valence-corrected chi connectivity index (χ3v) is 1.95. The lowest BCUT2D eigenvalue weighted by Gasteiger charge is -1.91. The Morgan fingerprint density at radius 3 is 3.00 bits per heavy atom. The Balaban J connectivity index is 2.84. The largest absolute Gasteiger partial charge is 0.383 e. The topological polar surface area (TPSA) is 72.5 Å². The van der Waals surface area contributed by atoms with Gasteiger partial charge in [0.05, 0.1) is 11.1 Å². The minimum Gasteiger partial charge on any atom is -0.383 e. The molecule has 0 bridgehead atoms. The number of nitrogen functional groups attached to an aromatic ring is 1. The van der Waals surface area contributed by atoms with E-state index in [0.717, 1.165) is 23.3 Å². The smallest absolute Gasteiger partial charge is 0.182 e. The molecule has 3 N–H and O–H groups in total. The number of aryl methyl sites for hydroxylation is 2. The van der Waals surface area contributed by atoms with Crippen molar-refractivity contribution in [3.8, 4) is 0 Å². The van der Waals surface area contributed by atoms with Gasteiger partial charge in [-0.1, -0.05) is 0 Å². The summed E-state index contributed by atoms with van der Waals surface area (Å²) in [6, 6.07) is 0. The molecule has 5 nitrogen and oxygen atoms in total. The van der Waals surface area contributed by atoms with Crippen LogP contribution in [0, 0.1) is 6.92 Å². The molecule has 2 aromatic rings. The lowest BCUT2D eigenvalue weighted by Crippen LogP contribution is -1.97. The van der Waals surface area contributed by atoms with Crippen molar-refractivity contribution < 1.29 is 0 Å². The molecule has 64 valence electrons. The van der Waals surface area contributed by atoms with Gasteiger partial charge in [0, 0.05) is 6.54 Å². The lowest BCUT2D eigenvalue weighted by molar-refractivity contribution is 0.666. The predicted molar refractivity (Wildman–Crippen MR) is 46.7 cm³/mol. The third-order valence-electron chi connectivity index (χ3n) is 1.95. The van der Waals surface area contributed by atoms with Gasteiger partial charge >= 0.3 is 0 Å². The molecule has 0 radical (unpaired) electrons. The van der Waals surface area contributed by atoms with Crippen LogP contribution in [0.15, 0.2) is 0 Å². The third kappa shape index (κ3) is 0.731. The Morgan fingerprint density at radius 2 is 2.33 bits per heavy atom. The van der Waals surface area contributed by atoms with Crippen LogP contribution >= 0.6 is 0 Å². The number of rotatable bonds is 1. The van der Waals surface area contributed by atoms with Crippen LogP contribution in [0.4, 0.5) is 5.82 Å². The first-order chi connectivity index (χ1) is 5.74. The Kier molecular flexibility index (Phi) is 1.33. The fourth-order valence-electron chi connectivity index (χ4n) is 1.39. The zero-order chi connectivity index (χ0) is 8.72. The molecule has 2 heterocycles. The van der Waals surface area contributed by atoms with Crippen LogP contribution in [0.1, 0.15) is 12.6 Å². The summed E-state index contributed by atoms with van der Waals surface area (Å²) >= 11 is 0. The Bertz CT molecular complexity index is 411. The lowest BCUT2D eigenvalue weighted by atomic mass is 10.3. The number of nitrogens with two attached hydrogens (primary N) is 1. The molecule has 2 aromatic heterocycles. The van der Waals surface area contributed by atoms with Crippen LogP contribution in [0.3, 0.4) is 0 Å². The van der Waals surface area contributed by atoms with Crippen LogP contribution in [-0.4, -0.2) is 20.0 Å². The van der Waals surface area contributed by atoms with Gasteiger partial charge in [0.15, 0.2) is 5.65 Å². The van der Waals surface area contributed by atoms with Crippen molar-refractivity contribution in [3.05, 3.63) is 5.69 Å². The van der Waals surface area contributed by atoms with E-state index in [2.05, 4.69) is 15.3 Å². The highest BCUT2D eigenvalue weighted by molar-refractivity contribution is 5.88. The van der Waals surface area contributed by atoms with E-state index in [1.807, 2.05) is 18.5 Å². The molecule has 0 aliphatic heterocycles. The molecule has 0 saturated carbocycles. The zero-order valence-corrected chi connectivity index (χ0v) is 7.13. The number of hydrogen-bond donors (Lipinski definition) is 2. The van der Waals surface area contributed by atoms with Crippen LogP contribution in [0.5, 0.6) is 0 Å². The van der Waals surface area contributed by atoms with Gasteiger partial charge in [-0.25, -0.2) is 4.68 Å². The molecule has 0 atom stereocenters. The highest BCUT2D eigenvalue weighted by Crippen LogP contribution is 2.20. The van der Waals surface area contributed by atoms with E-state index < -0.39 is 0 Å². The fraction of sp³-hybridized carbons (Fsp3) is 0.429. The Labute approximate surface area is 69.6 Å². The summed E-state index contributed by atoms with van der Waals surface area (Å²) < 4.78 is 1.83. The van der Waals surface area contributed by atoms with Crippen molar-refractivity contribution in [2.24, 2.45) is 0 Å². The van der Waals surface area contributed by atoms with E-state index in [0.29, 0.717) is 5.82 Å². The van der Waals surface area contributed by atoms with Crippen molar-refractivity contribution >= 4 is 16.9 Å². The first-order valence-corrected chi connectivity index (χ1v) is 3.91. The maximum Gasteiger partial charge on any atom is 0.182 e. The summed E-state index contributed by atoms with van der Waals surface area (Å²) in [5, 5.41) is 12.0. The SMILES string of the molecule is CCn1nc(C)c2c(N)[nH]nc21. The summed E-state index contributed by atoms with van der Waals surface area (Å²) in [5.74, 6) is 0.599. The van der Waals surface area contributed by atoms with Gasteiger partial charge < -0.3 is 5.73 Å². The summed E-state index contributed by atoms with van der Waals surface area (Å²) in [7, 11) is 0. The van der Waals surface area contributed by atoms with E-state index in [-0.39, 0.29) is 0 Å². The number of aromatic nitrogens is 4. The number of fused-ring (bicyclic) bond motifs is 1. The number of nitrogens with one attached hydrogen (secondary N) is 1. The molecule has 2 rings (SSSR count). The second kappa shape index (κ2) is 2.23. The van der Waals surface area contributed by atoms with E-state index in [9.17, 15) is 0 Å². The molecular weight excluding hydrogens is 154 g/mol. The van der Waals surface area contributed by atoms with Crippen molar-refractivity contribution in [2.75, 3.05) is 5.73 Å². The van der Waals surface area contributed by atoms with Crippen LogP contribution in [0.25, 0.3) is 11.0 Å². The number of hydrogen-bond acceptors (Lipinski definition) is 3. The molecule has 5 heteroatoms. The van der Waals surface area contributed by atoms with E-state index in [4.69, 9.17) is 5.73 Å². The maximum absolute atomic E-state index is 5.67. The Morgan fingerprint density at radius 1 is 1.58 bits per heavy atom. The zero-order valence-electron chi connectivity index (χ0n) is 7.13. The fourth-order valence-corrected chi connectivity index (χ4v) is 1.39. The van der Waals surface area contributed by atoms with Crippen LogP contribution in [-0.2, 0) is 6.54 Å². The molecule has 0 aliphatic carbocycles. The van der Waals surface area contributed by atoms with Gasteiger partial charge in [-0.3, -0.25) is 5.10 Å². The second-order valence-electron chi connectivity index (χ2n) is 2.74. The maximum atomic E-state index is 5.67. The summed E-state index contributed by atoms with van der Waals surface area (Å²) in [6.07, 6.45) is 0. The molecule has 0 unspecified atom stereocenters. The van der Waals surface area contributed by atoms with E-state index in [1.165, 1.54) is 0 Å². The molecule has 0 fully saturated rings. The first kappa shape index (κ1) is 7.15. The first-order valence-electron chi connectivity index (χ1n) is 3.91. The standard InChI is InChI=1S/C7H11N5/c1-3-12-7-5(4(2)11-12)6(8)9-10-7/h3H2,1-2H3,(H3,8,9,10). The molecular formula is C7H11N5. The van der Waals surface area contributed by atoms with E-state index >= 15 is 0 Å². The molecule has 0 aromatic carbocycles. The number of H-pyrrole nitrogens is 1. The van der Waals surface area contributed by atoms with Gasteiger partial charge in [-0.15, -0.1) is 0 Å². The van der Waals surface area contributed by atoms with Crippen molar-refractivity contribution in [1.82, 2.24) is 20.0 Å². The number of aromatic amines is 1. The number of anilines is 1. The highest BCUT2D eigenvalue weighted by Gasteiger charge is 2.11. The van der Waals surface area contributed by atoms with Gasteiger partial charge in [0.25, 0.3) is 0 Å². The minimum absolute atomic E-state index is 0.599. The molecule has 0 spiro atoms. The number of nitrogens with zero attached hydrogens (tertiary/aromatic N) is 3.